The Morgan fingerprint density at radius 3 is 1.96 bits per heavy atom. The van der Waals surface area contributed by atoms with E-state index < -0.39 is 0 Å². The third kappa shape index (κ3) is 3.61. The molecule has 3 heteroatoms. The fraction of sp³-hybridized carbons (Fsp3) is 0.182. The van der Waals surface area contributed by atoms with Gasteiger partial charge in [0.1, 0.15) is 0 Å². The van der Waals surface area contributed by atoms with Crippen LogP contribution in [0.25, 0.3) is 0 Å². The number of hydrogen-bond acceptors (Lipinski definition) is 2. The summed E-state index contributed by atoms with van der Waals surface area (Å²) in [5.74, 6) is -0.230. The van der Waals surface area contributed by atoms with Crippen molar-refractivity contribution in [1.29, 1.82) is 0 Å². The molecular formula is C22H21NO2. The SMILES string of the molecule is CCCCc1[nH]cc(C(=O)c2ccccc2)c1C(=O)c1ccccc1. The van der Waals surface area contributed by atoms with Crippen LogP contribution in [0.15, 0.2) is 66.9 Å². The monoisotopic (exact) mass is 331 g/mol. The predicted octanol–water partition coefficient (Wildman–Crippen LogP) is 4.82. The van der Waals surface area contributed by atoms with Gasteiger partial charge in [-0.05, 0) is 12.8 Å². The van der Waals surface area contributed by atoms with E-state index >= 15 is 0 Å². The van der Waals surface area contributed by atoms with Crippen molar-refractivity contribution in [2.75, 3.05) is 0 Å². The number of ketones is 2. The van der Waals surface area contributed by atoms with Crippen LogP contribution in [0.2, 0.25) is 0 Å². The molecule has 2 aromatic carbocycles. The molecule has 0 aliphatic heterocycles. The molecule has 3 nitrogen and oxygen atoms in total. The van der Waals surface area contributed by atoms with Crippen molar-refractivity contribution in [1.82, 2.24) is 4.98 Å². The molecule has 1 aromatic heterocycles. The van der Waals surface area contributed by atoms with Crippen LogP contribution in [0.4, 0.5) is 0 Å². The summed E-state index contributed by atoms with van der Waals surface area (Å²) >= 11 is 0. The maximum Gasteiger partial charge on any atom is 0.195 e. The second-order valence-electron chi connectivity index (χ2n) is 6.05. The summed E-state index contributed by atoms with van der Waals surface area (Å²) in [6.45, 7) is 2.11. The molecule has 0 amide bonds. The largest absolute Gasteiger partial charge is 0.364 e. The zero-order valence-corrected chi connectivity index (χ0v) is 14.3. The van der Waals surface area contributed by atoms with E-state index in [1.165, 1.54) is 0 Å². The minimum atomic E-state index is -0.126. The normalized spacial score (nSPS) is 10.6. The van der Waals surface area contributed by atoms with E-state index in [2.05, 4.69) is 11.9 Å². The highest BCUT2D eigenvalue weighted by Gasteiger charge is 2.24. The van der Waals surface area contributed by atoms with E-state index in [1.807, 2.05) is 36.4 Å². The van der Waals surface area contributed by atoms with Crippen molar-refractivity contribution in [2.24, 2.45) is 0 Å². The number of aromatic nitrogens is 1. The molecule has 0 saturated heterocycles. The minimum absolute atomic E-state index is 0.104. The molecule has 0 radical (unpaired) electrons. The van der Waals surface area contributed by atoms with E-state index in [1.54, 1.807) is 30.5 Å². The first-order valence-corrected chi connectivity index (χ1v) is 8.62. The van der Waals surface area contributed by atoms with Crippen LogP contribution < -0.4 is 0 Å². The standard InChI is InChI=1S/C22H21NO2/c1-2-3-14-19-20(22(25)17-12-8-5-9-13-17)18(15-23-19)21(24)16-10-6-4-7-11-16/h4-13,15,23H,2-3,14H2,1H3. The number of H-pyrrole nitrogens is 1. The lowest BCUT2D eigenvalue weighted by Crippen LogP contribution is -2.11. The molecule has 126 valence electrons. The van der Waals surface area contributed by atoms with Gasteiger partial charge in [-0.2, -0.15) is 0 Å². The molecule has 3 rings (SSSR count). The second kappa shape index (κ2) is 7.75. The number of aryl methyl sites for hydroxylation is 1. The zero-order valence-electron chi connectivity index (χ0n) is 14.3. The number of hydrogen-bond donors (Lipinski definition) is 1. The van der Waals surface area contributed by atoms with Crippen LogP contribution in [0.1, 0.15) is 57.3 Å². The summed E-state index contributed by atoms with van der Waals surface area (Å²) in [4.78, 5) is 29.2. The molecule has 0 spiro atoms. The highest BCUT2D eigenvalue weighted by molar-refractivity contribution is 6.20. The third-order valence-corrected chi connectivity index (χ3v) is 4.29. The van der Waals surface area contributed by atoms with Gasteiger partial charge < -0.3 is 4.98 Å². The van der Waals surface area contributed by atoms with Gasteiger partial charge in [-0.3, -0.25) is 9.59 Å². The number of carbonyl (C=O) groups excluding carboxylic acids is 2. The molecule has 25 heavy (non-hydrogen) atoms. The highest BCUT2D eigenvalue weighted by atomic mass is 16.1. The van der Waals surface area contributed by atoms with E-state index in [4.69, 9.17) is 0 Å². The van der Waals surface area contributed by atoms with E-state index in [9.17, 15) is 9.59 Å². The number of unbranched alkanes of at least 4 members (excludes halogenated alkanes) is 1. The number of carbonyl (C=O) groups is 2. The fourth-order valence-corrected chi connectivity index (χ4v) is 2.93. The van der Waals surface area contributed by atoms with Gasteiger partial charge in [0.05, 0.1) is 11.1 Å². The topological polar surface area (TPSA) is 49.9 Å². The highest BCUT2D eigenvalue weighted by Crippen LogP contribution is 2.23. The van der Waals surface area contributed by atoms with Gasteiger partial charge in [0.2, 0.25) is 0 Å². The smallest absolute Gasteiger partial charge is 0.195 e. The van der Waals surface area contributed by atoms with Gasteiger partial charge in [0.25, 0.3) is 0 Å². The third-order valence-electron chi connectivity index (χ3n) is 4.29. The first-order chi connectivity index (χ1) is 12.2. The molecule has 0 aliphatic rings. The Bertz CT molecular complexity index is 864. The summed E-state index contributed by atoms with van der Waals surface area (Å²) in [7, 11) is 0. The number of benzene rings is 2. The van der Waals surface area contributed by atoms with Crippen LogP contribution >= 0.6 is 0 Å². The van der Waals surface area contributed by atoms with Gasteiger partial charge >= 0.3 is 0 Å². The van der Waals surface area contributed by atoms with Gasteiger partial charge in [0.15, 0.2) is 11.6 Å². The zero-order chi connectivity index (χ0) is 17.6. The Labute approximate surface area is 147 Å². The van der Waals surface area contributed by atoms with Crippen LogP contribution in [0.5, 0.6) is 0 Å². The van der Waals surface area contributed by atoms with Crippen molar-refractivity contribution in [3.8, 4) is 0 Å². The van der Waals surface area contributed by atoms with Gasteiger partial charge in [-0.1, -0.05) is 74.0 Å². The molecule has 3 aromatic rings. The average Bonchev–Trinajstić information content (AvgIpc) is 3.10. The first-order valence-electron chi connectivity index (χ1n) is 8.62. The minimum Gasteiger partial charge on any atom is -0.364 e. The van der Waals surface area contributed by atoms with E-state index in [0.717, 1.165) is 25.0 Å². The van der Waals surface area contributed by atoms with Crippen LogP contribution in [0, 0.1) is 0 Å². The predicted molar refractivity (Wildman–Crippen MR) is 99.2 cm³/mol. The number of nitrogens with one attached hydrogen (secondary N) is 1. The van der Waals surface area contributed by atoms with Crippen LogP contribution in [-0.4, -0.2) is 16.6 Å². The van der Waals surface area contributed by atoms with Crippen molar-refractivity contribution < 1.29 is 9.59 Å². The molecule has 0 unspecified atom stereocenters. The Hall–Kier alpha value is -2.94. The first kappa shape index (κ1) is 16.9. The summed E-state index contributed by atoms with van der Waals surface area (Å²) in [6.07, 6.45) is 4.43. The maximum atomic E-state index is 13.1. The lowest BCUT2D eigenvalue weighted by molar-refractivity contribution is 0.100. The van der Waals surface area contributed by atoms with Crippen molar-refractivity contribution in [2.45, 2.75) is 26.2 Å². The summed E-state index contributed by atoms with van der Waals surface area (Å²) in [5, 5.41) is 0. The van der Waals surface area contributed by atoms with Crippen LogP contribution in [-0.2, 0) is 6.42 Å². The Morgan fingerprint density at radius 2 is 1.40 bits per heavy atom. The Balaban J connectivity index is 2.06. The summed E-state index contributed by atoms with van der Waals surface area (Å²) in [6, 6.07) is 18.2. The lowest BCUT2D eigenvalue weighted by Gasteiger charge is -2.07. The van der Waals surface area contributed by atoms with Gasteiger partial charge in [0, 0.05) is 23.0 Å². The Morgan fingerprint density at radius 1 is 0.840 bits per heavy atom. The lowest BCUT2D eigenvalue weighted by atomic mass is 9.94. The Kier molecular flexibility index (Phi) is 5.24. The number of aromatic amines is 1. The van der Waals surface area contributed by atoms with E-state index in [0.29, 0.717) is 22.3 Å². The number of rotatable bonds is 7. The van der Waals surface area contributed by atoms with Crippen molar-refractivity contribution in [3.63, 3.8) is 0 Å². The fourth-order valence-electron chi connectivity index (χ4n) is 2.93. The molecule has 0 bridgehead atoms. The molecule has 0 atom stereocenters. The average molecular weight is 331 g/mol. The maximum absolute atomic E-state index is 13.1. The van der Waals surface area contributed by atoms with Crippen molar-refractivity contribution >= 4 is 11.6 Å². The van der Waals surface area contributed by atoms with Gasteiger partial charge in [-0.15, -0.1) is 0 Å². The quantitative estimate of drug-likeness (QED) is 0.631. The summed E-state index contributed by atoms with van der Waals surface area (Å²) < 4.78 is 0. The van der Waals surface area contributed by atoms with Gasteiger partial charge in [-0.25, -0.2) is 0 Å². The van der Waals surface area contributed by atoms with Crippen molar-refractivity contribution in [3.05, 3.63) is 94.8 Å². The molecular weight excluding hydrogens is 310 g/mol. The summed E-state index contributed by atoms with van der Waals surface area (Å²) in [5.41, 5.74) is 2.99. The molecule has 0 aliphatic carbocycles. The van der Waals surface area contributed by atoms with E-state index in [-0.39, 0.29) is 11.6 Å². The van der Waals surface area contributed by atoms with Crippen LogP contribution in [0.3, 0.4) is 0 Å². The molecule has 0 saturated carbocycles. The molecule has 1 heterocycles. The molecule has 0 fully saturated rings. The second-order valence-corrected chi connectivity index (χ2v) is 6.05. The molecule has 1 N–H and O–H groups in total.